The fourth-order valence-corrected chi connectivity index (χ4v) is 4.96. The predicted molar refractivity (Wildman–Crippen MR) is 132 cm³/mol. The summed E-state index contributed by atoms with van der Waals surface area (Å²) in [5.74, 6) is -0.00496. The van der Waals surface area contributed by atoms with Gasteiger partial charge in [-0.25, -0.2) is 0 Å². The summed E-state index contributed by atoms with van der Waals surface area (Å²) in [5, 5.41) is 9.58. The molecule has 0 bridgehead atoms. The van der Waals surface area contributed by atoms with Crippen molar-refractivity contribution in [3.05, 3.63) is 53.6 Å². The molecular weight excluding hydrogens is 420 g/mol. The minimum absolute atomic E-state index is 0.00496. The molecule has 6 heteroatoms. The lowest BCUT2D eigenvalue weighted by atomic mass is 10.00. The molecule has 5 nitrogen and oxygen atoms in total. The normalized spacial score (nSPS) is 18.0. The number of rotatable bonds is 8. The van der Waals surface area contributed by atoms with Crippen LogP contribution in [0.25, 0.3) is 22.2 Å². The first-order chi connectivity index (χ1) is 15.6. The number of aromatic nitrogens is 2. The molecule has 0 spiro atoms. The molecule has 1 aliphatic heterocycles. The van der Waals surface area contributed by atoms with Gasteiger partial charge >= 0.3 is 0 Å². The fourth-order valence-electron chi connectivity index (χ4n) is 4.79. The highest BCUT2D eigenvalue weighted by Gasteiger charge is 2.22. The maximum Gasteiger partial charge on any atom is 0.244 e. The van der Waals surface area contributed by atoms with Gasteiger partial charge in [-0.3, -0.25) is 9.48 Å². The average Bonchev–Trinajstić information content (AvgIpc) is 3.20. The van der Waals surface area contributed by atoms with Crippen LogP contribution in [0.3, 0.4) is 0 Å². The lowest BCUT2D eigenvalue weighted by molar-refractivity contribution is -0.124. The molecule has 0 radical (unpaired) electrons. The first-order valence-corrected chi connectivity index (χ1v) is 12.2. The largest absolute Gasteiger partial charge is 0.354 e. The van der Waals surface area contributed by atoms with Crippen molar-refractivity contribution >= 4 is 28.4 Å². The Morgan fingerprint density at radius 2 is 2.03 bits per heavy atom. The Hall–Kier alpha value is -2.37. The molecule has 3 aromatic rings. The lowest BCUT2D eigenvalue weighted by Gasteiger charge is -2.35. The molecule has 2 atom stereocenters. The van der Waals surface area contributed by atoms with Gasteiger partial charge in [-0.1, -0.05) is 55.3 Å². The van der Waals surface area contributed by atoms with Crippen LogP contribution in [-0.4, -0.2) is 46.3 Å². The van der Waals surface area contributed by atoms with Gasteiger partial charge in [0, 0.05) is 35.1 Å². The summed E-state index contributed by atoms with van der Waals surface area (Å²) in [5.41, 5.74) is 2.77. The van der Waals surface area contributed by atoms with E-state index in [1.54, 1.807) is 0 Å². The third-order valence-corrected chi connectivity index (χ3v) is 6.84. The van der Waals surface area contributed by atoms with Gasteiger partial charge in [-0.2, -0.15) is 5.10 Å². The summed E-state index contributed by atoms with van der Waals surface area (Å²) in [7, 11) is 0. The van der Waals surface area contributed by atoms with Crippen LogP contribution in [0.2, 0.25) is 5.02 Å². The van der Waals surface area contributed by atoms with Crippen molar-refractivity contribution in [1.82, 2.24) is 20.0 Å². The van der Waals surface area contributed by atoms with Crippen LogP contribution in [0.1, 0.15) is 52.0 Å². The van der Waals surface area contributed by atoms with Gasteiger partial charge in [-0.05, 0) is 57.4 Å². The summed E-state index contributed by atoms with van der Waals surface area (Å²) in [4.78, 5) is 15.6. The Morgan fingerprint density at radius 1 is 1.22 bits per heavy atom. The third-order valence-electron chi connectivity index (χ3n) is 6.60. The minimum Gasteiger partial charge on any atom is -0.354 e. The van der Waals surface area contributed by atoms with Crippen molar-refractivity contribution < 1.29 is 4.79 Å². The predicted octanol–water partition coefficient (Wildman–Crippen LogP) is 5.69. The molecule has 2 aromatic carbocycles. The first-order valence-electron chi connectivity index (χ1n) is 11.8. The molecular formula is C26H33ClN4O. The second-order valence-electron chi connectivity index (χ2n) is 8.74. The van der Waals surface area contributed by atoms with E-state index < -0.39 is 6.04 Å². The Bertz CT molecular complexity index is 1050. The summed E-state index contributed by atoms with van der Waals surface area (Å²) < 4.78 is 1.82. The number of piperidine rings is 1. The maximum atomic E-state index is 13.0. The molecule has 1 amide bonds. The van der Waals surface area contributed by atoms with Crippen LogP contribution in [-0.2, 0) is 4.79 Å². The van der Waals surface area contributed by atoms with Crippen LogP contribution >= 0.6 is 11.6 Å². The summed E-state index contributed by atoms with van der Waals surface area (Å²) in [6.45, 7) is 7.11. The van der Waals surface area contributed by atoms with E-state index in [1.165, 1.54) is 32.2 Å². The highest BCUT2D eigenvalue weighted by atomic mass is 35.5. The SMILES string of the molecule is CC[C@@H]1CCCCN1CCCNC(=O)[C@H](C)n1nc(-c2ccccc2)c2cc(Cl)ccc21. The van der Waals surface area contributed by atoms with E-state index in [0.29, 0.717) is 17.6 Å². The van der Waals surface area contributed by atoms with Crippen LogP contribution in [0.5, 0.6) is 0 Å². The van der Waals surface area contributed by atoms with Crippen molar-refractivity contribution in [3.8, 4) is 11.3 Å². The second kappa shape index (κ2) is 10.5. The van der Waals surface area contributed by atoms with Gasteiger partial charge in [0.15, 0.2) is 0 Å². The third kappa shape index (κ3) is 5.00. The molecule has 0 unspecified atom stereocenters. The molecule has 1 aliphatic rings. The van der Waals surface area contributed by atoms with Crippen molar-refractivity contribution in [2.75, 3.05) is 19.6 Å². The number of likely N-dealkylation sites (tertiary alicyclic amines) is 1. The van der Waals surface area contributed by atoms with E-state index >= 15 is 0 Å². The van der Waals surface area contributed by atoms with E-state index in [-0.39, 0.29) is 5.91 Å². The molecule has 1 aromatic heterocycles. The van der Waals surface area contributed by atoms with Crippen molar-refractivity contribution in [2.24, 2.45) is 0 Å². The Morgan fingerprint density at radius 3 is 2.81 bits per heavy atom. The van der Waals surface area contributed by atoms with E-state index in [2.05, 4.69) is 17.1 Å². The molecule has 1 saturated heterocycles. The molecule has 1 fully saturated rings. The van der Waals surface area contributed by atoms with Crippen molar-refractivity contribution in [1.29, 1.82) is 0 Å². The van der Waals surface area contributed by atoms with E-state index in [0.717, 1.165) is 35.1 Å². The van der Waals surface area contributed by atoms with Gasteiger partial charge in [0.1, 0.15) is 11.7 Å². The number of halogens is 1. The van der Waals surface area contributed by atoms with Gasteiger partial charge in [0.25, 0.3) is 0 Å². The monoisotopic (exact) mass is 452 g/mol. The average molecular weight is 453 g/mol. The Kier molecular flexibility index (Phi) is 7.48. The molecule has 0 saturated carbocycles. The minimum atomic E-state index is -0.408. The number of nitrogens with zero attached hydrogens (tertiary/aromatic N) is 3. The zero-order valence-electron chi connectivity index (χ0n) is 19.1. The number of carbonyl (C=O) groups is 1. The fraction of sp³-hybridized carbons (Fsp3) is 0.462. The van der Waals surface area contributed by atoms with Crippen molar-refractivity contribution in [3.63, 3.8) is 0 Å². The van der Waals surface area contributed by atoms with Crippen LogP contribution in [0.4, 0.5) is 0 Å². The van der Waals surface area contributed by atoms with E-state index in [4.69, 9.17) is 16.7 Å². The molecule has 32 heavy (non-hydrogen) atoms. The number of amides is 1. The maximum absolute atomic E-state index is 13.0. The highest BCUT2D eigenvalue weighted by Crippen LogP contribution is 2.31. The van der Waals surface area contributed by atoms with Crippen LogP contribution in [0.15, 0.2) is 48.5 Å². The lowest BCUT2D eigenvalue weighted by Crippen LogP contribution is -2.41. The zero-order valence-corrected chi connectivity index (χ0v) is 19.8. The first kappa shape index (κ1) is 22.8. The molecule has 2 heterocycles. The molecule has 170 valence electrons. The topological polar surface area (TPSA) is 50.2 Å². The number of carbonyl (C=O) groups excluding carboxylic acids is 1. The smallest absolute Gasteiger partial charge is 0.244 e. The van der Waals surface area contributed by atoms with Gasteiger partial charge in [0.2, 0.25) is 5.91 Å². The Balaban J connectivity index is 1.44. The van der Waals surface area contributed by atoms with Crippen molar-refractivity contribution in [2.45, 2.75) is 58.0 Å². The van der Waals surface area contributed by atoms with Gasteiger partial charge in [0.05, 0.1) is 5.52 Å². The second-order valence-corrected chi connectivity index (χ2v) is 9.17. The molecule has 0 aliphatic carbocycles. The molecule has 1 N–H and O–H groups in total. The number of fused-ring (bicyclic) bond motifs is 1. The molecule has 4 rings (SSSR count). The zero-order chi connectivity index (χ0) is 22.5. The summed E-state index contributed by atoms with van der Waals surface area (Å²) >= 11 is 6.28. The number of hydrogen-bond acceptors (Lipinski definition) is 3. The quantitative estimate of drug-likeness (QED) is 0.447. The Labute approximate surface area is 195 Å². The number of hydrogen-bond donors (Lipinski definition) is 1. The number of benzene rings is 2. The van der Waals surface area contributed by atoms with Crippen LogP contribution < -0.4 is 5.32 Å². The highest BCUT2D eigenvalue weighted by molar-refractivity contribution is 6.31. The van der Waals surface area contributed by atoms with Gasteiger partial charge < -0.3 is 10.2 Å². The van der Waals surface area contributed by atoms with E-state index in [9.17, 15) is 4.79 Å². The van der Waals surface area contributed by atoms with Crippen LogP contribution in [0, 0.1) is 0 Å². The van der Waals surface area contributed by atoms with Gasteiger partial charge in [-0.15, -0.1) is 0 Å². The summed E-state index contributed by atoms with van der Waals surface area (Å²) in [6, 6.07) is 16.1. The standard InChI is InChI=1S/C26H33ClN4O/c1-3-22-12-7-8-16-30(22)17-9-15-28-26(32)19(2)31-24-14-13-21(27)18-23(24)25(29-31)20-10-5-4-6-11-20/h4-6,10-11,13-14,18-19,22H,3,7-9,12,15-17H2,1-2H3,(H,28,32)/t19-,22+/m0/s1. The van der Waals surface area contributed by atoms with E-state index in [1.807, 2.05) is 60.1 Å². The number of nitrogens with one attached hydrogen (secondary N) is 1. The summed E-state index contributed by atoms with van der Waals surface area (Å²) in [6.07, 6.45) is 6.13.